The lowest BCUT2D eigenvalue weighted by Gasteiger charge is -2.35. The summed E-state index contributed by atoms with van der Waals surface area (Å²) in [5.41, 5.74) is 2.96. The number of nitrogens with zero attached hydrogens (tertiary/aromatic N) is 3. The Morgan fingerprint density at radius 3 is 2.36 bits per heavy atom. The number of carbonyl (C=O) groups excluding carboxylic acids is 2. The first-order chi connectivity index (χ1) is 16.2. The molecular weight excluding hydrogens is 450 g/mol. The van der Waals surface area contributed by atoms with Gasteiger partial charge in [-0.25, -0.2) is 4.98 Å². The van der Waals surface area contributed by atoms with E-state index in [2.05, 4.69) is 11.1 Å². The number of hydrogen-bond acceptors (Lipinski definition) is 5. The summed E-state index contributed by atoms with van der Waals surface area (Å²) in [4.78, 5) is 34.4. The van der Waals surface area contributed by atoms with E-state index in [0.717, 1.165) is 59.9 Å². The van der Waals surface area contributed by atoms with Crippen molar-refractivity contribution in [3.63, 3.8) is 0 Å². The molecule has 1 aromatic heterocycles. The molecule has 5 rings (SSSR count). The molecule has 5 nitrogen and oxygen atoms in total. The van der Waals surface area contributed by atoms with E-state index in [1.54, 1.807) is 23.1 Å². The fraction of sp³-hybridized carbons (Fsp3) is 0.423. The van der Waals surface area contributed by atoms with E-state index >= 15 is 0 Å². The Morgan fingerprint density at radius 1 is 0.909 bits per heavy atom. The van der Waals surface area contributed by atoms with E-state index in [1.165, 1.54) is 16.7 Å². The van der Waals surface area contributed by atoms with Crippen LogP contribution in [0.2, 0.25) is 0 Å². The molecule has 2 fully saturated rings. The van der Waals surface area contributed by atoms with Crippen LogP contribution in [0.25, 0.3) is 10.2 Å². The highest BCUT2D eigenvalue weighted by molar-refractivity contribution is 8.00. The molecule has 0 spiro atoms. The summed E-state index contributed by atoms with van der Waals surface area (Å²) in [5, 5.41) is 0. The lowest BCUT2D eigenvalue weighted by Crippen LogP contribution is -2.45. The van der Waals surface area contributed by atoms with Crippen molar-refractivity contribution in [3.8, 4) is 0 Å². The first kappa shape index (κ1) is 22.4. The highest BCUT2D eigenvalue weighted by atomic mass is 32.2. The topological polar surface area (TPSA) is 53.5 Å². The molecule has 33 heavy (non-hydrogen) atoms. The summed E-state index contributed by atoms with van der Waals surface area (Å²) < 4.78 is 2.28. The van der Waals surface area contributed by atoms with Crippen LogP contribution >= 0.6 is 23.1 Å². The van der Waals surface area contributed by atoms with Crippen molar-refractivity contribution < 1.29 is 9.59 Å². The van der Waals surface area contributed by atoms with Crippen LogP contribution in [0.3, 0.4) is 0 Å². The predicted octanol–water partition coefficient (Wildman–Crippen LogP) is 5.45. The second kappa shape index (κ2) is 10.3. The predicted molar refractivity (Wildman–Crippen MR) is 135 cm³/mol. The number of hydrogen-bond donors (Lipinski definition) is 0. The molecule has 0 bridgehead atoms. The summed E-state index contributed by atoms with van der Waals surface area (Å²) in [7, 11) is 0. The van der Waals surface area contributed by atoms with Gasteiger partial charge in [-0.1, -0.05) is 36.0 Å². The first-order valence-electron chi connectivity index (χ1n) is 11.8. The Labute approximate surface area is 203 Å². The van der Waals surface area contributed by atoms with Gasteiger partial charge in [0.05, 0.1) is 10.2 Å². The molecule has 3 heterocycles. The summed E-state index contributed by atoms with van der Waals surface area (Å²) in [5.74, 6) is 1.29. The van der Waals surface area contributed by atoms with Gasteiger partial charge in [-0.15, -0.1) is 11.3 Å². The molecule has 0 aliphatic carbocycles. The van der Waals surface area contributed by atoms with Crippen LogP contribution in [0.15, 0.2) is 52.9 Å². The smallest absolute Gasteiger partial charge is 0.253 e. The van der Waals surface area contributed by atoms with E-state index < -0.39 is 0 Å². The van der Waals surface area contributed by atoms with Gasteiger partial charge in [-0.2, -0.15) is 0 Å². The number of aromatic nitrogens is 1. The summed E-state index contributed by atoms with van der Waals surface area (Å²) >= 11 is 3.45. The van der Waals surface area contributed by atoms with Crippen LogP contribution in [0.4, 0.5) is 0 Å². The number of likely N-dealkylation sites (tertiary alicyclic amines) is 2. The number of benzene rings is 2. The fourth-order valence-electron chi connectivity index (χ4n) is 4.69. The Hall–Kier alpha value is -2.38. The van der Waals surface area contributed by atoms with Crippen molar-refractivity contribution in [2.75, 3.05) is 26.2 Å². The highest BCUT2D eigenvalue weighted by Gasteiger charge is 2.31. The van der Waals surface area contributed by atoms with Gasteiger partial charge >= 0.3 is 0 Å². The van der Waals surface area contributed by atoms with E-state index in [9.17, 15) is 9.59 Å². The van der Waals surface area contributed by atoms with Gasteiger partial charge in [0.15, 0.2) is 4.34 Å². The van der Waals surface area contributed by atoms with E-state index in [0.29, 0.717) is 19.0 Å². The van der Waals surface area contributed by atoms with Crippen molar-refractivity contribution >= 4 is 45.1 Å². The standard InChI is InChI=1S/C26H29N3O2S2/c30-24(29-16-12-21(13-17-29)25(31)28-14-4-1-5-15-28)20-10-8-19(9-11-20)18-32-26-27-22-6-2-3-7-23(22)33-26/h2-3,6-11,21H,1,4-5,12-18H2. The third-order valence-corrected chi connectivity index (χ3v) is 8.89. The summed E-state index contributed by atoms with van der Waals surface area (Å²) in [6.45, 7) is 3.14. The molecular formula is C26H29N3O2S2. The molecule has 2 amide bonds. The number of thioether (sulfide) groups is 1. The minimum absolute atomic E-state index is 0.0734. The number of fused-ring (bicyclic) bond motifs is 1. The number of rotatable bonds is 5. The molecule has 0 atom stereocenters. The lowest BCUT2D eigenvalue weighted by atomic mass is 9.94. The lowest BCUT2D eigenvalue weighted by molar-refractivity contribution is -0.137. The zero-order valence-corrected chi connectivity index (χ0v) is 20.4. The second-order valence-corrected chi connectivity index (χ2v) is 11.1. The number of amides is 2. The van der Waals surface area contributed by atoms with Crippen LogP contribution in [0, 0.1) is 5.92 Å². The van der Waals surface area contributed by atoms with Crippen LogP contribution in [0.5, 0.6) is 0 Å². The monoisotopic (exact) mass is 479 g/mol. The average molecular weight is 480 g/mol. The number of thiazole rings is 1. The SMILES string of the molecule is O=C(c1ccc(CSc2nc3ccccc3s2)cc1)N1CCC(C(=O)N2CCCCC2)CC1. The second-order valence-electron chi connectivity index (χ2n) is 8.89. The normalized spacial score (nSPS) is 17.5. The zero-order chi connectivity index (χ0) is 22.6. The van der Waals surface area contributed by atoms with Crippen molar-refractivity contribution in [1.29, 1.82) is 0 Å². The molecule has 2 aliphatic heterocycles. The molecule has 2 aliphatic rings. The Kier molecular flexibility index (Phi) is 6.97. The fourth-order valence-corrected chi connectivity index (χ4v) is 6.71. The average Bonchev–Trinajstić information content (AvgIpc) is 3.31. The van der Waals surface area contributed by atoms with Gasteiger partial charge in [-0.05, 0) is 61.9 Å². The van der Waals surface area contributed by atoms with Crippen molar-refractivity contribution in [3.05, 3.63) is 59.7 Å². The van der Waals surface area contributed by atoms with E-state index in [4.69, 9.17) is 0 Å². The van der Waals surface area contributed by atoms with Crippen LogP contribution in [-0.2, 0) is 10.5 Å². The molecule has 0 unspecified atom stereocenters. The number of para-hydroxylation sites is 1. The molecule has 0 radical (unpaired) electrons. The van der Waals surface area contributed by atoms with Crippen molar-refractivity contribution in [2.45, 2.75) is 42.2 Å². The van der Waals surface area contributed by atoms with Crippen molar-refractivity contribution in [2.24, 2.45) is 5.92 Å². The van der Waals surface area contributed by atoms with Gasteiger partial charge in [0.2, 0.25) is 5.91 Å². The van der Waals surface area contributed by atoms with E-state index in [1.807, 2.05) is 52.3 Å². The maximum atomic E-state index is 13.0. The molecule has 3 aromatic rings. The van der Waals surface area contributed by atoms with Gasteiger partial charge in [0.1, 0.15) is 0 Å². The third-order valence-electron chi connectivity index (χ3n) is 6.64. The van der Waals surface area contributed by atoms with Gasteiger partial charge < -0.3 is 9.80 Å². The van der Waals surface area contributed by atoms with Gasteiger partial charge in [-0.3, -0.25) is 9.59 Å². The quantitative estimate of drug-likeness (QED) is 0.457. The molecule has 2 saturated heterocycles. The van der Waals surface area contributed by atoms with Crippen LogP contribution < -0.4 is 0 Å². The van der Waals surface area contributed by atoms with Crippen LogP contribution in [0.1, 0.15) is 48.0 Å². The van der Waals surface area contributed by atoms with Crippen molar-refractivity contribution in [1.82, 2.24) is 14.8 Å². The zero-order valence-electron chi connectivity index (χ0n) is 18.7. The van der Waals surface area contributed by atoms with E-state index in [-0.39, 0.29) is 11.8 Å². The van der Waals surface area contributed by atoms with Gasteiger partial charge in [0.25, 0.3) is 5.91 Å². The third kappa shape index (κ3) is 5.25. The maximum absolute atomic E-state index is 13.0. The highest BCUT2D eigenvalue weighted by Crippen LogP contribution is 2.31. The molecule has 0 N–H and O–H groups in total. The van der Waals surface area contributed by atoms with Gasteiger partial charge in [0, 0.05) is 43.4 Å². The first-order valence-corrected chi connectivity index (χ1v) is 13.6. The molecule has 2 aromatic carbocycles. The minimum atomic E-state index is 0.0734. The largest absolute Gasteiger partial charge is 0.342 e. The molecule has 7 heteroatoms. The maximum Gasteiger partial charge on any atom is 0.253 e. The number of carbonyl (C=O) groups is 2. The number of piperidine rings is 2. The Bertz CT molecular complexity index is 1080. The summed E-state index contributed by atoms with van der Waals surface area (Å²) in [6, 6.07) is 16.1. The Balaban J connectivity index is 1.12. The summed E-state index contributed by atoms with van der Waals surface area (Å²) in [6.07, 6.45) is 5.03. The molecule has 172 valence electrons. The van der Waals surface area contributed by atoms with Crippen LogP contribution in [-0.4, -0.2) is 52.8 Å². The molecule has 0 saturated carbocycles. The Morgan fingerprint density at radius 2 is 1.64 bits per heavy atom. The minimum Gasteiger partial charge on any atom is -0.342 e.